The summed E-state index contributed by atoms with van der Waals surface area (Å²) in [7, 11) is 0. The minimum atomic E-state index is 0.0726. The number of nitrogens with one attached hydrogen (secondary N) is 2. The molecule has 0 radical (unpaired) electrons. The lowest BCUT2D eigenvalue weighted by atomic mass is 10.0. The fourth-order valence-corrected chi connectivity index (χ4v) is 2.73. The maximum atomic E-state index is 11.8. The van der Waals surface area contributed by atoms with Crippen molar-refractivity contribution in [1.29, 1.82) is 0 Å². The molecule has 0 bridgehead atoms. The molecule has 114 valence electrons. The van der Waals surface area contributed by atoms with Crippen LogP contribution in [0, 0.1) is 0 Å². The third-order valence-corrected chi connectivity index (χ3v) is 3.69. The quantitative estimate of drug-likeness (QED) is 0.591. The molecule has 1 unspecified atom stereocenters. The van der Waals surface area contributed by atoms with Crippen molar-refractivity contribution < 1.29 is 4.79 Å². The average Bonchev–Trinajstić information content (AvgIpc) is 2.49. The molecular weight excluding hydrogens is 262 g/mol. The maximum absolute atomic E-state index is 11.8. The zero-order valence-corrected chi connectivity index (χ0v) is 12.6. The van der Waals surface area contributed by atoms with Gasteiger partial charge in [0, 0.05) is 25.7 Å². The van der Waals surface area contributed by atoms with E-state index in [9.17, 15) is 4.79 Å². The lowest BCUT2D eigenvalue weighted by Gasteiger charge is -2.33. The molecular formula is C17H25N3O. The third kappa shape index (κ3) is 5.69. The number of likely N-dealkylation sites (tertiary alicyclic amines) is 1. The van der Waals surface area contributed by atoms with Gasteiger partial charge in [-0.05, 0) is 24.9 Å². The van der Waals surface area contributed by atoms with E-state index in [2.05, 4.69) is 46.4 Å². The molecule has 1 saturated heterocycles. The SMILES string of the molecule is C=CCNCC(=O)NC1CCCN(Cc2ccccc2)C1. The van der Waals surface area contributed by atoms with Gasteiger partial charge in [-0.3, -0.25) is 9.69 Å². The van der Waals surface area contributed by atoms with Gasteiger partial charge < -0.3 is 10.6 Å². The van der Waals surface area contributed by atoms with Gasteiger partial charge in [0.05, 0.1) is 6.54 Å². The van der Waals surface area contributed by atoms with Crippen molar-refractivity contribution in [2.45, 2.75) is 25.4 Å². The van der Waals surface area contributed by atoms with Crippen LogP contribution < -0.4 is 10.6 Å². The summed E-state index contributed by atoms with van der Waals surface area (Å²) in [4.78, 5) is 14.2. The van der Waals surface area contributed by atoms with Crippen LogP contribution in [0.1, 0.15) is 18.4 Å². The average molecular weight is 287 g/mol. The zero-order chi connectivity index (χ0) is 14.9. The van der Waals surface area contributed by atoms with Gasteiger partial charge in [0.15, 0.2) is 0 Å². The highest BCUT2D eigenvalue weighted by Gasteiger charge is 2.21. The van der Waals surface area contributed by atoms with Crippen molar-refractivity contribution in [3.63, 3.8) is 0 Å². The Morgan fingerprint density at radius 1 is 1.38 bits per heavy atom. The number of nitrogens with zero attached hydrogens (tertiary/aromatic N) is 1. The lowest BCUT2D eigenvalue weighted by molar-refractivity contribution is -0.121. The van der Waals surface area contributed by atoms with Crippen LogP contribution in [0.15, 0.2) is 43.0 Å². The van der Waals surface area contributed by atoms with E-state index in [1.54, 1.807) is 6.08 Å². The molecule has 1 aliphatic heterocycles. The minimum Gasteiger partial charge on any atom is -0.351 e. The van der Waals surface area contributed by atoms with E-state index in [0.29, 0.717) is 13.1 Å². The van der Waals surface area contributed by atoms with Crippen LogP contribution in [-0.2, 0) is 11.3 Å². The molecule has 0 spiro atoms. The molecule has 0 saturated carbocycles. The summed E-state index contributed by atoms with van der Waals surface area (Å²) < 4.78 is 0. The number of piperidine rings is 1. The molecule has 2 rings (SSSR count). The van der Waals surface area contributed by atoms with Crippen LogP contribution in [0.5, 0.6) is 0 Å². The van der Waals surface area contributed by atoms with Gasteiger partial charge in [-0.25, -0.2) is 0 Å². The number of amides is 1. The number of benzene rings is 1. The topological polar surface area (TPSA) is 44.4 Å². The summed E-state index contributed by atoms with van der Waals surface area (Å²) in [5.41, 5.74) is 1.33. The second-order valence-corrected chi connectivity index (χ2v) is 5.55. The van der Waals surface area contributed by atoms with Crippen molar-refractivity contribution in [1.82, 2.24) is 15.5 Å². The van der Waals surface area contributed by atoms with Crippen LogP contribution in [0.4, 0.5) is 0 Å². The van der Waals surface area contributed by atoms with Crippen LogP contribution in [-0.4, -0.2) is 43.0 Å². The Morgan fingerprint density at radius 3 is 2.95 bits per heavy atom. The lowest BCUT2D eigenvalue weighted by Crippen LogP contribution is -2.49. The Kier molecular flexibility index (Phi) is 6.44. The molecule has 1 atom stereocenters. The Hall–Kier alpha value is -1.65. The highest BCUT2D eigenvalue weighted by molar-refractivity contribution is 5.78. The van der Waals surface area contributed by atoms with Gasteiger partial charge in [-0.2, -0.15) is 0 Å². The molecule has 21 heavy (non-hydrogen) atoms. The molecule has 1 aromatic rings. The van der Waals surface area contributed by atoms with E-state index in [-0.39, 0.29) is 11.9 Å². The first kappa shape index (κ1) is 15.7. The summed E-state index contributed by atoms with van der Waals surface area (Å²) in [6.45, 7) is 7.65. The Labute approximate surface area is 127 Å². The highest BCUT2D eigenvalue weighted by Crippen LogP contribution is 2.13. The normalized spacial score (nSPS) is 19.1. The predicted molar refractivity (Wildman–Crippen MR) is 86.0 cm³/mol. The molecule has 1 fully saturated rings. The van der Waals surface area contributed by atoms with Crippen molar-refractivity contribution in [2.24, 2.45) is 0 Å². The first-order valence-electron chi connectivity index (χ1n) is 7.65. The van der Waals surface area contributed by atoms with Crippen molar-refractivity contribution >= 4 is 5.91 Å². The van der Waals surface area contributed by atoms with E-state index in [0.717, 1.165) is 32.5 Å². The van der Waals surface area contributed by atoms with Crippen LogP contribution in [0.3, 0.4) is 0 Å². The smallest absolute Gasteiger partial charge is 0.234 e. The number of hydrogen-bond donors (Lipinski definition) is 2. The van der Waals surface area contributed by atoms with E-state index < -0.39 is 0 Å². The highest BCUT2D eigenvalue weighted by atomic mass is 16.2. The van der Waals surface area contributed by atoms with E-state index in [4.69, 9.17) is 0 Å². The molecule has 0 aromatic heterocycles. The van der Waals surface area contributed by atoms with Gasteiger partial charge in [-0.1, -0.05) is 36.4 Å². The zero-order valence-electron chi connectivity index (χ0n) is 12.6. The van der Waals surface area contributed by atoms with E-state index >= 15 is 0 Å². The predicted octanol–water partition coefficient (Wildman–Crippen LogP) is 1.54. The van der Waals surface area contributed by atoms with Crippen molar-refractivity contribution in [2.75, 3.05) is 26.2 Å². The summed E-state index contributed by atoms with van der Waals surface area (Å²) >= 11 is 0. The standard InChI is InChI=1S/C17H25N3O/c1-2-10-18-12-17(21)19-16-9-6-11-20(14-16)13-15-7-4-3-5-8-15/h2-5,7-8,16,18H,1,6,9-14H2,(H,19,21). The summed E-state index contributed by atoms with van der Waals surface area (Å²) in [5, 5.41) is 6.15. The first-order valence-corrected chi connectivity index (χ1v) is 7.65. The number of carbonyl (C=O) groups is 1. The van der Waals surface area contributed by atoms with Crippen LogP contribution in [0.25, 0.3) is 0 Å². The molecule has 4 nitrogen and oxygen atoms in total. The molecule has 4 heteroatoms. The molecule has 1 heterocycles. The summed E-state index contributed by atoms with van der Waals surface area (Å²) in [5.74, 6) is 0.0726. The fraction of sp³-hybridized carbons (Fsp3) is 0.471. The number of carbonyl (C=O) groups excluding carboxylic acids is 1. The van der Waals surface area contributed by atoms with Gasteiger partial charge in [0.2, 0.25) is 5.91 Å². The monoisotopic (exact) mass is 287 g/mol. The van der Waals surface area contributed by atoms with Crippen molar-refractivity contribution in [3.05, 3.63) is 48.6 Å². The van der Waals surface area contributed by atoms with Crippen molar-refractivity contribution in [3.8, 4) is 0 Å². The van der Waals surface area contributed by atoms with E-state index in [1.807, 2.05) is 6.07 Å². The molecule has 0 aliphatic carbocycles. The summed E-state index contributed by atoms with van der Waals surface area (Å²) in [6, 6.07) is 10.8. The van der Waals surface area contributed by atoms with E-state index in [1.165, 1.54) is 5.56 Å². The molecule has 1 aliphatic rings. The second kappa shape index (κ2) is 8.60. The Bertz CT molecular complexity index is 447. The van der Waals surface area contributed by atoms with Crippen LogP contribution in [0.2, 0.25) is 0 Å². The van der Waals surface area contributed by atoms with Gasteiger partial charge in [0.1, 0.15) is 0 Å². The number of rotatable bonds is 7. The maximum Gasteiger partial charge on any atom is 0.234 e. The first-order chi connectivity index (χ1) is 10.3. The Balaban J connectivity index is 1.75. The molecule has 2 N–H and O–H groups in total. The molecule has 1 aromatic carbocycles. The number of hydrogen-bond acceptors (Lipinski definition) is 3. The minimum absolute atomic E-state index is 0.0726. The van der Waals surface area contributed by atoms with Crippen LogP contribution >= 0.6 is 0 Å². The summed E-state index contributed by atoms with van der Waals surface area (Å²) in [6.07, 6.45) is 3.96. The second-order valence-electron chi connectivity index (χ2n) is 5.55. The fourth-order valence-electron chi connectivity index (χ4n) is 2.73. The van der Waals surface area contributed by atoms with Gasteiger partial charge in [-0.15, -0.1) is 6.58 Å². The molecule has 1 amide bonds. The largest absolute Gasteiger partial charge is 0.351 e. The Morgan fingerprint density at radius 2 is 2.19 bits per heavy atom. The van der Waals surface area contributed by atoms with Gasteiger partial charge >= 0.3 is 0 Å². The van der Waals surface area contributed by atoms with Gasteiger partial charge in [0.25, 0.3) is 0 Å². The third-order valence-electron chi connectivity index (χ3n) is 3.69.